The largest absolute Gasteiger partial charge is 0.378 e. The average molecular weight is 454 g/mol. The van der Waals surface area contributed by atoms with E-state index in [1.807, 2.05) is 0 Å². The Balaban J connectivity index is 2.09. The predicted molar refractivity (Wildman–Crippen MR) is 134 cm³/mol. The molecule has 0 saturated carbocycles. The highest BCUT2D eigenvalue weighted by molar-refractivity contribution is 7.80. The van der Waals surface area contributed by atoms with Crippen molar-refractivity contribution in [2.45, 2.75) is 111 Å². The number of Topliss-reactive ketones (excluding diaryl/α,β-unsaturated/α-hetero) is 2. The fourth-order valence-electron chi connectivity index (χ4n) is 4.66. The summed E-state index contributed by atoms with van der Waals surface area (Å²) in [6.07, 6.45) is 15.9. The highest BCUT2D eigenvalue weighted by atomic mass is 32.1. The van der Waals surface area contributed by atoms with E-state index in [0.29, 0.717) is 0 Å². The maximum absolute atomic E-state index is 12.2. The van der Waals surface area contributed by atoms with E-state index >= 15 is 0 Å². The average Bonchev–Trinajstić information content (AvgIpc) is 2.76. The van der Waals surface area contributed by atoms with Crippen LogP contribution in [-0.2, 0) is 14.3 Å². The number of ketones is 2. The summed E-state index contributed by atoms with van der Waals surface area (Å²) in [4.78, 5) is 27.7. The summed E-state index contributed by atoms with van der Waals surface area (Å²) in [5.74, 6) is 0.272. The molecule has 0 spiro atoms. The van der Waals surface area contributed by atoms with E-state index in [1.165, 1.54) is 44.9 Å². The molecular weight excluding hydrogens is 406 g/mol. The molecule has 0 aromatic rings. The zero-order valence-electron chi connectivity index (χ0n) is 20.5. The molecule has 31 heavy (non-hydrogen) atoms. The zero-order valence-corrected chi connectivity index (χ0v) is 21.3. The van der Waals surface area contributed by atoms with Crippen LogP contribution < -0.4 is 0 Å². The molecule has 0 aliphatic carbocycles. The van der Waals surface area contributed by atoms with Crippen molar-refractivity contribution in [1.82, 2.24) is 4.90 Å². The van der Waals surface area contributed by atoms with Crippen LogP contribution in [0.15, 0.2) is 0 Å². The molecule has 2 atom stereocenters. The maximum Gasteiger partial charge on any atom is 0.133 e. The highest BCUT2D eigenvalue weighted by Gasteiger charge is 2.28. The fourth-order valence-corrected chi connectivity index (χ4v) is 4.99. The minimum atomic E-state index is -0.0651. The van der Waals surface area contributed by atoms with Gasteiger partial charge in [0.25, 0.3) is 0 Å². The van der Waals surface area contributed by atoms with Crippen molar-refractivity contribution in [3.05, 3.63) is 0 Å². The van der Waals surface area contributed by atoms with Gasteiger partial charge in [0.1, 0.15) is 11.6 Å². The molecule has 1 fully saturated rings. The molecule has 1 rings (SSSR count). The van der Waals surface area contributed by atoms with Crippen LogP contribution >= 0.6 is 12.2 Å². The summed E-state index contributed by atoms with van der Waals surface area (Å²) in [5, 5.41) is 0. The first-order valence-corrected chi connectivity index (χ1v) is 13.2. The maximum atomic E-state index is 12.2. The molecule has 1 aliphatic rings. The molecule has 1 aliphatic heterocycles. The lowest BCUT2D eigenvalue weighted by molar-refractivity contribution is -0.130. The van der Waals surface area contributed by atoms with Crippen molar-refractivity contribution >= 4 is 28.8 Å². The van der Waals surface area contributed by atoms with Crippen molar-refractivity contribution in [2.24, 2.45) is 11.8 Å². The van der Waals surface area contributed by atoms with Gasteiger partial charge in [-0.25, -0.2) is 0 Å². The van der Waals surface area contributed by atoms with Crippen LogP contribution in [-0.4, -0.2) is 47.8 Å². The van der Waals surface area contributed by atoms with Gasteiger partial charge in [0.05, 0.1) is 18.2 Å². The molecule has 4 nitrogen and oxygen atoms in total. The standard InChI is InChI=1S/C26H47NO3S/c1-4-5-12-15-24(22(2)28)25(23(3)29)16-13-10-8-6-7-9-11-14-17-26(31)27-18-20-30-21-19-27/h24-25H,4-21H2,1-3H3. The number of carbonyl (C=O) groups is 2. The molecule has 1 saturated heterocycles. The van der Waals surface area contributed by atoms with E-state index in [-0.39, 0.29) is 23.4 Å². The van der Waals surface area contributed by atoms with Crippen LogP contribution in [0.1, 0.15) is 111 Å². The molecule has 0 amide bonds. The van der Waals surface area contributed by atoms with E-state index in [0.717, 1.165) is 76.2 Å². The van der Waals surface area contributed by atoms with Crippen molar-refractivity contribution in [3.63, 3.8) is 0 Å². The molecule has 0 N–H and O–H groups in total. The van der Waals surface area contributed by atoms with Crippen LogP contribution in [0.2, 0.25) is 0 Å². The van der Waals surface area contributed by atoms with Gasteiger partial charge in [0.2, 0.25) is 0 Å². The molecule has 5 heteroatoms. The lowest BCUT2D eigenvalue weighted by Crippen LogP contribution is -2.39. The number of ether oxygens (including phenoxy) is 1. The summed E-state index contributed by atoms with van der Waals surface area (Å²) >= 11 is 5.55. The van der Waals surface area contributed by atoms with Gasteiger partial charge >= 0.3 is 0 Å². The van der Waals surface area contributed by atoms with Crippen LogP contribution in [0.5, 0.6) is 0 Å². The second-order valence-electron chi connectivity index (χ2n) is 9.29. The molecule has 1 heterocycles. The highest BCUT2D eigenvalue weighted by Crippen LogP contribution is 2.27. The number of thiocarbonyl (C=S) groups is 1. The topological polar surface area (TPSA) is 46.6 Å². The van der Waals surface area contributed by atoms with Gasteiger partial charge in [-0.1, -0.05) is 83.3 Å². The zero-order chi connectivity index (χ0) is 22.9. The Hall–Kier alpha value is -0.810. The summed E-state index contributed by atoms with van der Waals surface area (Å²) < 4.78 is 5.38. The second kappa shape index (κ2) is 17.7. The number of hydrogen-bond acceptors (Lipinski definition) is 4. The van der Waals surface area contributed by atoms with E-state index in [1.54, 1.807) is 13.8 Å². The van der Waals surface area contributed by atoms with E-state index in [2.05, 4.69) is 11.8 Å². The number of carbonyl (C=O) groups excluding carboxylic acids is 2. The first-order valence-electron chi connectivity index (χ1n) is 12.8. The minimum absolute atomic E-state index is 0.0624. The molecular formula is C26H47NO3S. The molecule has 0 bridgehead atoms. The van der Waals surface area contributed by atoms with Gasteiger partial charge in [0.15, 0.2) is 0 Å². The third kappa shape index (κ3) is 12.7. The lowest BCUT2D eigenvalue weighted by atomic mass is 9.79. The smallest absolute Gasteiger partial charge is 0.133 e. The first-order chi connectivity index (χ1) is 15.0. The normalized spacial score (nSPS) is 16.2. The Labute approximate surface area is 196 Å². The summed E-state index contributed by atoms with van der Waals surface area (Å²) in [6, 6.07) is 0. The van der Waals surface area contributed by atoms with Crippen molar-refractivity contribution < 1.29 is 14.3 Å². The molecule has 0 aromatic heterocycles. The summed E-state index contributed by atoms with van der Waals surface area (Å²) in [6.45, 7) is 9.03. The quantitative estimate of drug-likeness (QED) is 0.174. The van der Waals surface area contributed by atoms with Crippen LogP contribution in [0.3, 0.4) is 0 Å². The van der Waals surface area contributed by atoms with Crippen molar-refractivity contribution in [3.8, 4) is 0 Å². The monoisotopic (exact) mass is 453 g/mol. The Morgan fingerprint density at radius 2 is 1.23 bits per heavy atom. The SMILES string of the molecule is CCCCCC(C(C)=O)C(CCCCCCCCCCC(=S)N1CCOCC1)C(C)=O. The molecule has 2 unspecified atom stereocenters. The van der Waals surface area contributed by atoms with Gasteiger partial charge < -0.3 is 9.64 Å². The summed E-state index contributed by atoms with van der Waals surface area (Å²) in [7, 11) is 0. The third-order valence-electron chi connectivity index (χ3n) is 6.67. The molecule has 0 aromatic carbocycles. The van der Waals surface area contributed by atoms with Gasteiger partial charge in [0, 0.05) is 24.9 Å². The predicted octanol–water partition coefficient (Wildman–Crippen LogP) is 6.54. The van der Waals surface area contributed by atoms with Crippen LogP contribution in [0.4, 0.5) is 0 Å². The molecule has 0 radical (unpaired) electrons. The van der Waals surface area contributed by atoms with Gasteiger partial charge in [-0.3, -0.25) is 9.59 Å². The minimum Gasteiger partial charge on any atom is -0.378 e. The number of nitrogens with zero attached hydrogens (tertiary/aromatic N) is 1. The number of unbranched alkanes of at least 4 members (excludes halogenated alkanes) is 9. The second-order valence-corrected chi connectivity index (χ2v) is 9.76. The summed E-state index contributed by atoms with van der Waals surface area (Å²) in [5.41, 5.74) is 0. The van der Waals surface area contributed by atoms with Crippen molar-refractivity contribution in [1.29, 1.82) is 0 Å². The number of rotatable bonds is 18. The van der Waals surface area contributed by atoms with Gasteiger partial charge in [-0.15, -0.1) is 0 Å². The van der Waals surface area contributed by atoms with E-state index in [9.17, 15) is 9.59 Å². The Bertz CT molecular complexity index is 517. The van der Waals surface area contributed by atoms with Gasteiger partial charge in [-0.05, 0) is 39.5 Å². The van der Waals surface area contributed by atoms with Crippen molar-refractivity contribution in [2.75, 3.05) is 26.3 Å². The van der Waals surface area contributed by atoms with Crippen LogP contribution in [0, 0.1) is 11.8 Å². The number of morpholine rings is 1. The Morgan fingerprint density at radius 3 is 1.71 bits per heavy atom. The van der Waals surface area contributed by atoms with E-state index < -0.39 is 0 Å². The van der Waals surface area contributed by atoms with E-state index in [4.69, 9.17) is 17.0 Å². The number of hydrogen-bond donors (Lipinski definition) is 0. The fraction of sp³-hybridized carbons (Fsp3) is 0.885. The Morgan fingerprint density at radius 1 is 0.774 bits per heavy atom. The lowest BCUT2D eigenvalue weighted by Gasteiger charge is -2.29. The first kappa shape index (κ1) is 28.2. The van der Waals surface area contributed by atoms with Crippen LogP contribution in [0.25, 0.3) is 0 Å². The Kier molecular flexibility index (Phi) is 16.1. The van der Waals surface area contributed by atoms with Gasteiger partial charge in [-0.2, -0.15) is 0 Å². The third-order valence-corrected chi connectivity index (χ3v) is 7.13. The molecule has 180 valence electrons.